The number of rotatable bonds is 8. The molecule has 2 fully saturated rings. The number of ether oxygens (including phenoxy) is 2. The highest BCUT2D eigenvalue weighted by molar-refractivity contribution is 5.76. The van der Waals surface area contributed by atoms with Gasteiger partial charge >= 0.3 is 11.9 Å². The highest BCUT2D eigenvalue weighted by Gasteiger charge is 2.30. The number of halogens is 3. The van der Waals surface area contributed by atoms with Gasteiger partial charge in [-0.1, -0.05) is 0 Å². The number of hydrogen-bond acceptors (Lipinski definition) is 7. The molecular weight excluding hydrogens is 505 g/mol. The molecule has 2 aromatic rings. The molecule has 2 aromatic carbocycles. The number of nitro benzene ring substituents is 1. The number of alkyl halides is 3. The number of hydrogen-bond donors (Lipinski definition) is 0. The van der Waals surface area contributed by atoms with Crippen molar-refractivity contribution in [3.63, 3.8) is 0 Å². The first kappa shape index (κ1) is 27.5. The van der Waals surface area contributed by atoms with E-state index >= 15 is 0 Å². The third kappa shape index (κ3) is 6.85. The molecule has 0 aliphatic carbocycles. The Labute approximate surface area is 218 Å². The van der Waals surface area contributed by atoms with Crippen LogP contribution in [0.3, 0.4) is 0 Å². The molecule has 12 heteroatoms. The van der Waals surface area contributed by atoms with E-state index in [-0.39, 0.29) is 23.4 Å². The Morgan fingerprint density at radius 3 is 2.26 bits per heavy atom. The van der Waals surface area contributed by atoms with Gasteiger partial charge in [0.2, 0.25) is 11.7 Å². The van der Waals surface area contributed by atoms with Crippen LogP contribution in [0.25, 0.3) is 0 Å². The van der Waals surface area contributed by atoms with E-state index in [4.69, 9.17) is 9.47 Å². The Morgan fingerprint density at radius 1 is 1.03 bits per heavy atom. The summed E-state index contributed by atoms with van der Waals surface area (Å²) in [4.78, 5) is 29.4. The minimum atomic E-state index is -4.34. The Hall–Kier alpha value is -3.54. The molecule has 0 radical (unpaired) electrons. The van der Waals surface area contributed by atoms with Gasteiger partial charge in [0, 0.05) is 82.9 Å². The summed E-state index contributed by atoms with van der Waals surface area (Å²) >= 11 is 0. The van der Waals surface area contributed by atoms with Gasteiger partial charge in [0.1, 0.15) is 11.9 Å². The lowest BCUT2D eigenvalue weighted by Gasteiger charge is -2.37. The predicted octanol–water partition coefficient (Wildman–Crippen LogP) is 4.20. The highest BCUT2D eigenvalue weighted by Crippen LogP contribution is 2.32. The number of amides is 1. The number of nitro groups is 1. The molecular formula is C26H31F3N4O5. The van der Waals surface area contributed by atoms with Gasteiger partial charge in [0.05, 0.1) is 17.6 Å². The zero-order chi connectivity index (χ0) is 27.3. The summed E-state index contributed by atoms with van der Waals surface area (Å²) in [7, 11) is 1.37. The molecule has 0 spiro atoms. The molecule has 2 aliphatic rings. The fraction of sp³-hybridized carbons (Fsp3) is 0.500. The minimum absolute atomic E-state index is 0.0885. The van der Waals surface area contributed by atoms with Gasteiger partial charge in [0.15, 0.2) is 0 Å². The Morgan fingerprint density at radius 2 is 1.68 bits per heavy atom. The lowest BCUT2D eigenvalue weighted by molar-refractivity contribution is -0.385. The van der Waals surface area contributed by atoms with E-state index in [1.54, 1.807) is 6.07 Å². The molecule has 0 unspecified atom stereocenters. The van der Waals surface area contributed by atoms with Crippen molar-refractivity contribution in [3.05, 3.63) is 58.1 Å². The number of methoxy groups -OCH3 is 1. The largest absolute Gasteiger partial charge is 0.490 e. The maximum Gasteiger partial charge on any atom is 0.416 e. The van der Waals surface area contributed by atoms with Crippen molar-refractivity contribution in [3.8, 4) is 11.5 Å². The van der Waals surface area contributed by atoms with Crippen LogP contribution in [0.1, 0.15) is 24.8 Å². The quantitative estimate of drug-likeness (QED) is 0.369. The fourth-order valence-corrected chi connectivity index (χ4v) is 4.80. The maximum absolute atomic E-state index is 12.8. The van der Waals surface area contributed by atoms with Crippen molar-refractivity contribution in [1.82, 2.24) is 9.80 Å². The zero-order valence-electron chi connectivity index (χ0n) is 21.2. The molecule has 0 aromatic heterocycles. The third-order valence-corrected chi connectivity index (χ3v) is 7.02. The predicted molar refractivity (Wildman–Crippen MR) is 135 cm³/mol. The summed E-state index contributed by atoms with van der Waals surface area (Å²) in [5.74, 6) is 0.721. The summed E-state index contributed by atoms with van der Waals surface area (Å²) in [5, 5.41) is 11.1. The van der Waals surface area contributed by atoms with Crippen LogP contribution >= 0.6 is 0 Å². The van der Waals surface area contributed by atoms with Gasteiger partial charge in [-0.15, -0.1) is 0 Å². The van der Waals surface area contributed by atoms with E-state index in [9.17, 15) is 28.1 Å². The third-order valence-electron chi connectivity index (χ3n) is 7.02. The second-order valence-electron chi connectivity index (χ2n) is 9.41. The van der Waals surface area contributed by atoms with Gasteiger partial charge in [-0.3, -0.25) is 19.8 Å². The molecule has 0 bridgehead atoms. The summed E-state index contributed by atoms with van der Waals surface area (Å²) in [6.45, 7) is 4.65. The number of nitrogens with zero attached hydrogens (tertiary/aromatic N) is 4. The molecule has 2 heterocycles. The lowest BCUT2D eigenvalue weighted by Crippen LogP contribution is -2.48. The Bertz CT molecular complexity index is 1110. The first-order valence-electron chi connectivity index (χ1n) is 12.6. The molecule has 2 aliphatic heterocycles. The van der Waals surface area contributed by atoms with Crippen LogP contribution in [0, 0.1) is 10.1 Å². The van der Waals surface area contributed by atoms with Crippen molar-refractivity contribution >= 4 is 17.3 Å². The molecule has 1 amide bonds. The van der Waals surface area contributed by atoms with Gasteiger partial charge in [-0.05, 0) is 30.3 Å². The summed E-state index contributed by atoms with van der Waals surface area (Å²) in [6.07, 6.45) is -2.70. The lowest BCUT2D eigenvalue weighted by atomic mass is 10.1. The van der Waals surface area contributed by atoms with Crippen molar-refractivity contribution < 1.29 is 32.4 Å². The maximum atomic E-state index is 12.8. The van der Waals surface area contributed by atoms with Gasteiger partial charge in [0.25, 0.3) is 0 Å². The number of anilines is 1. The number of carbonyl (C=O) groups excluding carboxylic acids is 1. The molecule has 0 saturated carbocycles. The van der Waals surface area contributed by atoms with E-state index in [1.165, 1.54) is 31.4 Å². The molecule has 2 saturated heterocycles. The van der Waals surface area contributed by atoms with Crippen LogP contribution in [0.2, 0.25) is 0 Å². The number of piperidine rings is 1. The molecule has 9 nitrogen and oxygen atoms in total. The van der Waals surface area contributed by atoms with E-state index in [0.717, 1.165) is 30.9 Å². The summed E-state index contributed by atoms with van der Waals surface area (Å²) in [6, 6.07) is 9.65. The first-order chi connectivity index (χ1) is 18.1. The topological polar surface area (TPSA) is 88.4 Å². The SMILES string of the molecule is COc1cc(OC2CCN(C(=O)CCN3CCN(c4ccc(C(F)(F)F)cc4)CC3)CC2)ccc1[N+](=O)[O-]. The van der Waals surface area contributed by atoms with Crippen molar-refractivity contribution in [1.29, 1.82) is 0 Å². The number of carbonyl (C=O) groups is 1. The van der Waals surface area contributed by atoms with E-state index in [2.05, 4.69) is 9.80 Å². The molecule has 206 valence electrons. The van der Waals surface area contributed by atoms with E-state index in [0.29, 0.717) is 57.7 Å². The average Bonchev–Trinajstić information content (AvgIpc) is 2.92. The smallest absolute Gasteiger partial charge is 0.416 e. The first-order valence-corrected chi connectivity index (χ1v) is 12.6. The van der Waals surface area contributed by atoms with Crippen molar-refractivity contribution in [2.75, 3.05) is 57.8 Å². The van der Waals surface area contributed by atoms with Crippen LogP contribution in [0.15, 0.2) is 42.5 Å². The van der Waals surface area contributed by atoms with Crippen LogP contribution in [-0.4, -0.2) is 79.7 Å². The van der Waals surface area contributed by atoms with Gasteiger partial charge < -0.3 is 19.3 Å². The van der Waals surface area contributed by atoms with Crippen molar-refractivity contribution in [2.24, 2.45) is 0 Å². The van der Waals surface area contributed by atoms with Crippen LogP contribution in [0.4, 0.5) is 24.5 Å². The molecule has 0 N–H and O–H groups in total. The van der Waals surface area contributed by atoms with Crippen LogP contribution in [0.5, 0.6) is 11.5 Å². The summed E-state index contributed by atoms with van der Waals surface area (Å²) in [5.41, 5.74) is -0.00664. The standard InChI is InChI=1S/C26H31F3N4O5/c1-37-24-18-22(6-7-23(24)33(35)36)38-21-8-12-32(13-9-21)25(34)10-11-30-14-16-31(17-15-30)20-4-2-19(3-5-20)26(27,28)29/h2-7,18,21H,8-17H2,1H3. The van der Waals surface area contributed by atoms with E-state index in [1.807, 2.05) is 4.90 Å². The second-order valence-corrected chi connectivity index (χ2v) is 9.41. The van der Waals surface area contributed by atoms with Gasteiger partial charge in [-0.2, -0.15) is 13.2 Å². The Balaban J connectivity index is 1.17. The van der Waals surface area contributed by atoms with Gasteiger partial charge in [-0.25, -0.2) is 0 Å². The second kappa shape index (κ2) is 11.9. The number of likely N-dealkylation sites (tertiary alicyclic amines) is 1. The summed E-state index contributed by atoms with van der Waals surface area (Å²) < 4.78 is 49.4. The minimum Gasteiger partial charge on any atom is -0.490 e. The highest BCUT2D eigenvalue weighted by atomic mass is 19.4. The Kier molecular flexibility index (Phi) is 8.60. The average molecular weight is 537 g/mol. The number of benzene rings is 2. The van der Waals surface area contributed by atoms with Crippen molar-refractivity contribution in [2.45, 2.75) is 31.5 Å². The molecule has 38 heavy (non-hydrogen) atoms. The monoisotopic (exact) mass is 536 g/mol. The normalized spacial score (nSPS) is 17.4. The molecule has 0 atom stereocenters. The zero-order valence-corrected chi connectivity index (χ0v) is 21.2. The molecule has 4 rings (SSSR count). The van der Waals surface area contributed by atoms with E-state index < -0.39 is 16.7 Å². The fourth-order valence-electron chi connectivity index (χ4n) is 4.80. The number of piperazine rings is 1. The van der Waals surface area contributed by atoms with Crippen LogP contribution < -0.4 is 14.4 Å². The van der Waals surface area contributed by atoms with Crippen LogP contribution in [-0.2, 0) is 11.0 Å².